The Morgan fingerprint density at radius 2 is 1.80 bits per heavy atom. The second-order valence-electron chi connectivity index (χ2n) is 9.45. The van der Waals surface area contributed by atoms with Crippen molar-refractivity contribution in [2.75, 3.05) is 51.8 Å². The van der Waals surface area contributed by atoms with E-state index in [2.05, 4.69) is 25.0 Å². The third-order valence-electron chi connectivity index (χ3n) is 5.93. The number of likely N-dealkylation sites (N-methyl/N-ethyl adjacent to an activating group) is 1. The Balaban J connectivity index is 1.50. The molecule has 3 N–H and O–H groups in total. The van der Waals surface area contributed by atoms with Crippen LogP contribution in [0.4, 0.5) is 11.5 Å². The van der Waals surface area contributed by atoms with E-state index in [1.165, 1.54) is 14.1 Å². The van der Waals surface area contributed by atoms with Gasteiger partial charge in [0.25, 0.3) is 0 Å². The van der Waals surface area contributed by atoms with E-state index in [-0.39, 0.29) is 17.4 Å². The van der Waals surface area contributed by atoms with Crippen LogP contribution in [0.3, 0.4) is 0 Å². The van der Waals surface area contributed by atoms with E-state index >= 15 is 0 Å². The second-order valence-corrected chi connectivity index (χ2v) is 11.3. The number of anilines is 2. The maximum Gasteiger partial charge on any atom is 0.301 e. The molecule has 3 heterocycles. The van der Waals surface area contributed by atoms with Crippen LogP contribution in [0.25, 0.3) is 28.2 Å². The average molecular weight is 580 g/mol. The first-order valence-corrected chi connectivity index (χ1v) is 13.9. The lowest BCUT2D eigenvalue weighted by Crippen LogP contribution is -2.28. The summed E-state index contributed by atoms with van der Waals surface area (Å²) < 4.78 is 46.5. The van der Waals surface area contributed by atoms with Crippen LogP contribution in [-0.2, 0) is 10.2 Å². The number of ether oxygens (including phenoxy) is 2. The van der Waals surface area contributed by atoms with Gasteiger partial charge in [0.15, 0.2) is 17.3 Å². The third-order valence-corrected chi connectivity index (χ3v) is 7.38. The number of nitrogens with one attached hydrogen (secondary N) is 1. The summed E-state index contributed by atoms with van der Waals surface area (Å²) in [6.07, 6.45) is 1.56. The quantitative estimate of drug-likeness (QED) is 0.236. The number of fused-ring (bicyclic) bond motifs is 1. The summed E-state index contributed by atoms with van der Waals surface area (Å²) in [5.41, 5.74) is 8.58. The Morgan fingerprint density at radius 3 is 2.49 bits per heavy atom. The predicted molar refractivity (Wildman–Crippen MR) is 153 cm³/mol. The highest BCUT2D eigenvalue weighted by Gasteiger charge is 2.21. The number of nitrogens with two attached hydrogens (primary N) is 1. The maximum atomic E-state index is 12.2. The Labute approximate surface area is 236 Å². The van der Waals surface area contributed by atoms with E-state index in [0.717, 1.165) is 22.3 Å². The van der Waals surface area contributed by atoms with Gasteiger partial charge in [0, 0.05) is 38.5 Å². The van der Waals surface area contributed by atoms with Gasteiger partial charge >= 0.3 is 10.2 Å². The van der Waals surface area contributed by atoms with Gasteiger partial charge in [-0.1, -0.05) is 6.07 Å². The zero-order valence-electron chi connectivity index (χ0n) is 22.8. The Hall–Kier alpha value is -4.73. The molecule has 3 aromatic heterocycles. The van der Waals surface area contributed by atoms with E-state index in [1.807, 2.05) is 47.8 Å². The number of nitrogens with zero attached hydrogens (tertiary/aromatic N) is 7. The van der Waals surface area contributed by atoms with Crippen LogP contribution in [0.15, 0.2) is 65.4 Å². The molecule has 0 atom stereocenters. The minimum absolute atomic E-state index is 0.0895. The molecule has 41 heavy (non-hydrogen) atoms. The summed E-state index contributed by atoms with van der Waals surface area (Å²) in [5, 5.41) is 7.65. The highest BCUT2D eigenvalue weighted by Crippen LogP contribution is 2.33. The fourth-order valence-electron chi connectivity index (χ4n) is 3.81. The molecule has 15 heteroatoms. The van der Waals surface area contributed by atoms with Crippen molar-refractivity contribution in [1.82, 2.24) is 34.1 Å². The molecule has 0 saturated carbocycles. The maximum absolute atomic E-state index is 12.2. The van der Waals surface area contributed by atoms with Gasteiger partial charge in [0.1, 0.15) is 23.6 Å². The van der Waals surface area contributed by atoms with E-state index in [1.54, 1.807) is 36.5 Å². The Morgan fingerprint density at radius 1 is 1.02 bits per heavy atom. The first kappa shape index (κ1) is 27.8. The van der Waals surface area contributed by atoms with Crippen molar-refractivity contribution in [3.8, 4) is 34.6 Å². The van der Waals surface area contributed by atoms with Crippen molar-refractivity contribution in [2.24, 2.45) is 0 Å². The molecule has 14 nitrogen and oxygen atoms in total. The van der Waals surface area contributed by atoms with E-state index < -0.39 is 10.2 Å². The van der Waals surface area contributed by atoms with Gasteiger partial charge in [-0.3, -0.25) is 9.29 Å². The number of imidazole rings is 1. The fourth-order valence-corrected chi connectivity index (χ4v) is 4.42. The van der Waals surface area contributed by atoms with E-state index in [4.69, 9.17) is 19.8 Å². The lowest BCUT2D eigenvalue weighted by atomic mass is 10.2. The molecule has 5 aromatic rings. The molecule has 2 aromatic carbocycles. The Kier molecular flexibility index (Phi) is 7.74. The normalized spacial score (nSPS) is 11.9. The molecule has 0 fully saturated rings. The second kappa shape index (κ2) is 11.4. The van der Waals surface area contributed by atoms with Crippen molar-refractivity contribution in [3.63, 3.8) is 0 Å². The minimum atomic E-state index is -3.68. The van der Waals surface area contributed by atoms with Crippen molar-refractivity contribution in [2.45, 2.75) is 0 Å². The Bertz CT molecular complexity index is 1770. The topological polar surface area (TPSA) is 167 Å². The highest BCUT2D eigenvalue weighted by molar-refractivity contribution is 7.90. The van der Waals surface area contributed by atoms with Crippen molar-refractivity contribution in [3.05, 3.63) is 60.8 Å². The summed E-state index contributed by atoms with van der Waals surface area (Å²) in [6, 6.07) is 15.8. The van der Waals surface area contributed by atoms with E-state index in [9.17, 15) is 8.42 Å². The number of rotatable bonds is 11. The molecular weight excluding hydrogens is 550 g/mol. The molecule has 0 unspecified atom stereocenters. The summed E-state index contributed by atoms with van der Waals surface area (Å²) in [4.78, 5) is 11.1. The standard InChI is InChI=1S/C26H29N9O5S/c1-33(2)12-13-38-19-10-8-18(9-11-19)35-22-15-23(28-16-21(22)29-26(35)24-25(27)31-40-30-24)39-20-7-5-6-17(14-20)32-41(36,37)34(3)4/h5-11,14-16,32H,12-13H2,1-4H3,(H2,27,31). The number of nitrogen functional groups attached to an aromatic ring is 1. The van der Waals surface area contributed by atoms with Crippen molar-refractivity contribution >= 4 is 32.7 Å². The fraction of sp³-hybridized carbons (Fsp3) is 0.231. The zero-order valence-corrected chi connectivity index (χ0v) is 23.7. The lowest BCUT2D eigenvalue weighted by Gasteiger charge is -2.14. The van der Waals surface area contributed by atoms with Crippen LogP contribution in [-0.4, -0.2) is 83.8 Å². The molecule has 0 bridgehead atoms. The summed E-state index contributed by atoms with van der Waals surface area (Å²) in [7, 11) is 3.17. The number of pyridine rings is 1. The van der Waals surface area contributed by atoms with Crippen LogP contribution in [0.2, 0.25) is 0 Å². The molecule has 0 aliphatic heterocycles. The van der Waals surface area contributed by atoms with Gasteiger partial charge in [-0.25, -0.2) is 14.6 Å². The predicted octanol–water partition coefficient (Wildman–Crippen LogP) is 3.00. The lowest BCUT2D eigenvalue weighted by molar-refractivity contribution is 0.261. The molecule has 214 valence electrons. The molecular formula is C26H29N9O5S. The summed E-state index contributed by atoms with van der Waals surface area (Å²) in [5.74, 6) is 1.85. The largest absolute Gasteiger partial charge is 0.492 e. The van der Waals surface area contributed by atoms with Gasteiger partial charge in [-0.2, -0.15) is 12.7 Å². The third kappa shape index (κ3) is 6.21. The smallest absolute Gasteiger partial charge is 0.301 e. The van der Waals surface area contributed by atoms with Crippen LogP contribution in [0.1, 0.15) is 0 Å². The first-order chi connectivity index (χ1) is 19.6. The molecule has 0 amide bonds. The van der Waals surface area contributed by atoms with Crippen LogP contribution in [0, 0.1) is 0 Å². The first-order valence-electron chi connectivity index (χ1n) is 12.4. The molecule has 0 radical (unpaired) electrons. The summed E-state index contributed by atoms with van der Waals surface area (Å²) >= 11 is 0. The minimum Gasteiger partial charge on any atom is -0.492 e. The van der Waals surface area contributed by atoms with Crippen molar-refractivity contribution < 1.29 is 22.5 Å². The average Bonchev–Trinajstić information content (AvgIpc) is 3.51. The molecule has 5 rings (SSSR count). The number of hydrogen-bond acceptors (Lipinski definition) is 11. The van der Waals surface area contributed by atoms with Crippen LogP contribution >= 0.6 is 0 Å². The molecule has 0 saturated heterocycles. The number of benzene rings is 2. The van der Waals surface area contributed by atoms with Crippen molar-refractivity contribution in [1.29, 1.82) is 0 Å². The molecule has 0 aliphatic carbocycles. The van der Waals surface area contributed by atoms with Gasteiger partial charge in [-0.05, 0) is 60.8 Å². The van der Waals surface area contributed by atoms with Gasteiger partial charge in [0.2, 0.25) is 5.88 Å². The highest BCUT2D eigenvalue weighted by atomic mass is 32.2. The van der Waals surface area contributed by atoms with Gasteiger partial charge in [-0.15, -0.1) is 0 Å². The zero-order chi connectivity index (χ0) is 29.1. The molecule has 0 spiro atoms. The SMILES string of the molecule is CN(C)CCOc1ccc(-n2c(-c3nonc3N)nc3cnc(Oc4cccc(NS(=O)(=O)N(C)C)c4)cc32)cc1. The molecule has 0 aliphatic rings. The van der Waals surface area contributed by atoms with Crippen LogP contribution < -0.4 is 19.9 Å². The number of aromatic nitrogens is 5. The van der Waals surface area contributed by atoms with E-state index in [0.29, 0.717) is 34.9 Å². The number of hydrogen-bond donors (Lipinski definition) is 2. The monoisotopic (exact) mass is 579 g/mol. The summed E-state index contributed by atoms with van der Waals surface area (Å²) in [6.45, 7) is 1.34. The van der Waals surface area contributed by atoms with Crippen LogP contribution in [0.5, 0.6) is 17.4 Å². The van der Waals surface area contributed by atoms with Gasteiger partial charge < -0.3 is 20.1 Å². The van der Waals surface area contributed by atoms with Gasteiger partial charge in [0.05, 0.1) is 17.4 Å².